The molecular formula is C13H17NO6S. The zero-order valence-corrected chi connectivity index (χ0v) is 12.8. The second-order valence-electron chi connectivity index (χ2n) is 4.28. The van der Waals surface area contributed by atoms with Gasteiger partial charge in [0.15, 0.2) is 0 Å². The molecule has 21 heavy (non-hydrogen) atoms. The molecule has 0 amide bonds. The van der Waals surface area contributed by atoms with E-state index in [1.807, 2.05) is 0 Å². The van der Waals surface area contributed by atoms with Crippen LogP contribution in [0, 0.1) is 0 Å². The van der Waals surface area contributed by atoms with Crippen molar-refractivity contribution in [3.63, 3.8) is 0 Å². The van der Waals surface area contributed by atoms with Crippen molar-refractivity contribution in [2.45, 2.75) is 5.75 Å². The molecule has 8 heteroatoms. The average Bonchev–Trinajstić information content (AvgIpc) is 2.46. The van der Waals surface area contributed by atoms with Gasteiger partial charge in [0.1, 0.15) is 6.54 Å². The van der Waals surface area contributed by atoms with E-state index in [0.29, 0.717) is 11.1 Å². The molecule has 0 fully saturated rings. The van der Waals surface area contributed by atoms with Crippen molar-refractivity contribution in [3.8, 4) is 0 Å². The number of benzene rings is 1. The molecule has 0 spiro atoms. The molecule has 0 bridgehead atoms. The molecule has 0 N–H and O–H groups in total. The highest BCUT2D eigenvalue weighted by molar-refractivity contribution is 7.88. The third-order valence-corrected chi connectivity index (χ3v) is 4.56. The topological polar surface area (TPSA) is 90.0 Å². The summed E-state index contributed by atoms with van der Waals surface area (Å²) < 4.78 is 34.0. The first-order valence-electron chi connectivity index (χ1n) is 5.98. The van der Waals surface area contributed by atoms with Crippen LogP contribution in [0.3, 0.4) is 0 Å². The van der Waals surface area contributed by atoms with Gasteiger partial charge in [0.25, 0.3) is 0 Å². The van der Waals surface area contributed by atoms with Crippen molar-refractivity contribution >= 4 is 22.0 Å². The lowest BCUT2D eigenvalue weighted by molar-refractivity contribution is -0.140. The Labute approximate surface area is 123 Å². The molecule has 1 aromatic rings. The van der Waals surface area contributed by atoms with Gasteiger partial charge < -0.3 is 9.47 Å². The van der Waals surface area contributed by atoms with E-state index in [1.165, 1.54) is 45.5 Å². The SMILES string of the molecule is COC(=O)CN(C)S(=O)(=O)Cc1ccc(C(=O)OC)cc1. The molecule has 0 saturated carbocycles. The molecule has 0 unspecified atom stereocenters. The molecule has 0 aliphatic carbocycles. The minimum Gasteiger partial charge on any atom is -0.468 e. The minimum absolute atomic E-state index is 0.276. The Morgan fingerprint density at radius 1 is 1.10 bits per heavy atom. The second kappa shape index (κ2) is 7.19. The van der Waals surface area contributed by atoms with Gasteiger partial charge in [-0.15, -0.1) is 0 Å². The predicted octanol–water partition coefficient (Wildman–Crippen LogP) is 0.408. The van der Waals surface area contributed by atoms with Crippen LogP contribution in [0.1, 0.15) is 15.9 Å². The van der Waals surface area contributed by atoms with E-state index in [4.69, 9.17) is 0 Å². The van der Waals surface area contributed by atoms with Crippen LogP contribution in [-0.4, -0.2) is 52.5 Å². The van der Waals surface area contributed by atoms with Gasteiger partial charge in [-0.05, 0) is 17.7 Å². The van der Waals surface area contributed by atoms with Crippen molar-refractivity contribution in [2.75, 3.05) is 27.8 Å². The van der Waals surface area contributed by atoms with Crippen LogP contribution in [0.25, 0.3) is 0 Å². The number of hydrogen-bond donors (Lipinski definition) is 0. The number of esters is 2. The summed E-state index contributed by atoms with van der Waals surface area (Å²) in [5, 5.41) is 0. The number of nitrogens with zero attached hydrogens (tertiary/aromatic N) is 1. The van der Waals surface area contributed by atoms with Crippen molar-refractivity contribution in [1.82, 2.24) is 4.31 Å². The Hall–Kier alpha value is -1.93. The lowest BCUT2D eigenvalue weighted by Gasteiger charge is -2.15. The molecule has 1 aromatic carbocycles. The largest absolute Gasteiger partial charge is 0.468 e. The van der Waals surface area contributed by atoms with Gasteiger partial charge in [-0.1, -0.05) is 12.1 Å². The molecule has 0 aliphatic heterocycles. The van der Waals surface area contributed by atoms with E-state index >= 15 is 0 Å². The molecule has 0 saturated heterocycles. The fourth-order valence-electron chi connectivity index (χ4n) is 1.52. The van der Waals surface area contributed by atoms with E-state index in [0.717, 1.165) is 4.31 Å². The van der Waals surface area contributed by atoms with Crippen LogP contribution in [0.5, 0.6) is 0 Å². The standard InChI is InChI=1S/C13H17NO6S/c1-14(8-12(15)19-2)21(17,18)9-10-4-6-11(7-5-10)13(16)20-3/h4-7H,8-9H2,1-3H3. The number of hydrogen-bond acceptors (Lipinski definition) is 6. The first kappa shape index (κ1) is 17.1. The Morgan fingerprint density at radius 3 is 2.14 bits per heavy atom. The maximum absolute atomic E-state index is 12.1. The summed E-state index contributed by atoms with van der Waals surface area (Å²) in [5.41, 5.74) is 0.834. The Balaban J connectivity index is 2.79. The first-order valence-corrected chi connectivity index (χ1v) is 7.59. The van der Waals surface area contributed by atoms with Crippen LogP contribution in [0.15, 0.2) is 24.3 Å². The highest BCUT2D eigenvalue weighted by Gasteiger charge is 2.21. The van der Waals surface area contributed by atoms with Gasteiger partial charge >= 0.3 is 11.9 Å². The van der Waals surface area contributed by atoms with Crippen LogP contribution < -0.4 is 0 Å². The highest BCUT2D eigenvalue weighted by Crippen LogP contribution is 2.11. The maximum atomic E-state index is 12.1. The molecule has 0 atom stereocenters. The van der Waals surface area contributed by atoms with Gasteiger partial charge in [-0.3, -0.25) is 4.79 Å². The number of ether oxygens (including phenoxy) is 2. The summed E-state index contributed by atoms with van der Waals surface area (Å²) in [6.45, 7) is -0.348. The maximum Gasteiger partial charge on any atom is 0.337 e. The van der Waals surface area contributed by atoms with Gasteiger partial charge in [-0.2, -0.15) is 4.31 Å². The summed E-state index contributed by atoms with van der Waals surface area (Å²) in [5.74, 6) is -1.41. The Kier molecular flexibility index (Phi) is 5.86. The first-order chi connectivity index (χ1) is 9.80. The fraction of sp³-hybridized carbons (Fsp3) is 0.385. The summed E-state index contributed by atoms with van der Waals surface area (Å²) in [7, 11) is 0.115. The highest BCUT2D eigenvalue weighted by atomic mass is 32.2. The number of methoxy groups -OCH3 is 2. The third kappa shape index (κ3) is 4.83. The lowest BCUT2D eigenvalue weighted by Crippen LogP contribution is -2.33. The summed E-state index contributed by atoms with van der Waals surface area (Å²) >= 11 is 0. The monoisotopic (exact) mass is 315 g/mol. The van der Waals surface area contributed by atoms with Crippen LogP contribution in [0.2, 0.25) is 0 Å². The quantitative estimate of drug-likeness (QED) is 0.706. The van der Waals surface area contributed by atoms with Gasteiger partial charge in [0, 0.05) is 7.05 Å². The number of carbonyl (C=O) groups excluding carboxylic acids is 2. The number of sulfonamides is 1. The molecule has 0 aliphatic rings. The molecular weight excluding hydrogens is 298 g/mol. The summed E-state index contributed by atoms with van der Waals surface area (Å²) in [6.07, 6.45) is 0. The minimum atomic E-state index is -3.64. The third-order valence-electron chi connectivity index (χ3n) is 2.78. The zero-order chi connectivity index (χ0) is 16.0. The van der Waals surface area contributed by atoms with Crippen molar-refractivity contribution in [3.05, 3.63) is 35.4 Å². The normalized spacial score (nSPS) is 11.2. The van der Waals surface area contributed by atoms with Crippen LogP contribution in [0.4, 0.5) is 0 Å². The summed E-state index contributed by atoms with van der Waals surface area (Å²) in [6, 6.07) is 6.01. The van der Waals surface area contributed by atoms with Crippen LogP contribution >= 0.6 is 0 Å². The average molecular weight is 315 g/mol. The molecule has 7 nitrogen and oxygen atoms in total. The smallest absolute Gasteiger partial charge is 0.337 e. The molecule has 0 radical (unpaired) electrons. The summed E-state index contributed by atoms with van der Waals surface area (Å²) in [4.78, 5) is 22.4. The van der Waals surface area contributed by atoms with Crippen LogP contribution in [-0.2, 0) is 30.0 Å². The van der Waals surface area contributed by atoms with Crippen molar-refractivity contribution in [1.29, 1.82) is 0 Å². The van der Waals surface area contributed by atoms with Crippen molar-refractivity contribution in [2.24, 2.45) is 0 Å². The van der Waals surface area contributed by atoms with Gasteiger partial charge in [0.05, 0.1) is 25.5 Å². The Morgan fingerprint density at radius 2 is 1.67 bits per heavy atom. The molecule has 116 valence electrons. The molecule has 0 heterocycles. The van der Waals surface area contributed by atoms with E-state index in [-0.39, 0.29) is 12.3 Å². The number of likely N-dealkylation sites (N-methyl/N-ethyl adjacent to an activating group) is 1. The Bertz CT molecular complexity index is 608. The van der Waals surface area contributed by atoms with Crippen molar-refractivity contribution < 1.29 is 27.5 Å². The molecule has 1 rings (SSSR count). The van der Waals surface area contributed by atoms with Gasteiger partial charge in [-0.25, -0.2) is 13.2 Å². The predicted molar refractivity (Wildman–Crippen MR) is 75.1 cm³/mol. The lowest BCUT2D eigenvalue weighted by atomic mass is 10.1. The van der Waals surface area contributed by atoms with Gasteiger partial charge in [0.2, 0.25) is 10.0 Å². The van der Waals surface area contributed by atoms with E-state index in [1.54, 1.807) is 0 Å². The van der Waals surface area contributed by atoms with E-state index in [2.05, 4.69) is 9.47 Å². The second-order valence-corrected chi connectivity index (χ2v) is 6.35. The zero-order valence-electron chi connectivity index (χ0n) is 12.0. The van der Waals surface area contributed by atoms with E-state index in [9.17, 15) is 18.0 Å². The fourth-order valence-corrected chi connectivity index (χ4v) is 2.66. The van der Waals surface area contributed by atoms with E-state index < -0.39 is 22.0 Å². The molecule has 0 aromatic heterocycles. The number of rotatable bonds is 6. The number of carbonyl (C=O) groups is 2.